The molecule has 78 heavy (non-hydrogen) atoms. The Morgan fingerprint density at radius 1 is 0.423 bits per heavy atom. The van der Waals surface area contributed by atoms with Crippen LogP contribution in [-0.4, -0.2) is 34.3 Å². The molecule has 0 spiro atoms. The van der Waals surface area contributed by atoms with Crippen LogP contribution in [0.5, 0.6) is 0 Å². The minimum Gasteiger partial charge on any atom is -0.657 e. The van der Waals surface area contributed by atoms with Gasteiger partial charge in [0.05, 0.1) is 51.6 Å². The summed E-state index contributed by atoms with van der Waals surface area (Å²) in [5, 5.41) is 8.19. The molecular weight excluding hydrogens is 1250 g/mol. The minimum atomic E-state index is -2.08. The summed E-state index contributed by atoms with van der Waals surface area (Å²) >= 11 is 0. The molecule has 7 aromatic rings. The molecule has 7 nitrogen and oxygen atoms in total. The summed E-state index contributed by atoms with van der Waals surface area (Å²) in [6, 6.07) is 3.24. The second kappa shape index (κ2) is 21.9. The van der Waals surface area contributed by atoms with Gasteiger partial charge >= 0.3 is 27.0 Å². The normalized spacial score (nSPS) is 11.7. The number of benzene rings is 4. The number of carbonyl (C=O) groups is 1. The molecule has 4 aromatic carbocycles. The van der Waals surface area contributed by atoms with Gasteiger partial charge in [-0.15, -0.1) is 22.1 Å². The molecule has 1 N–H and O–H groups in total. The molecule has 8 bridgehead atoms. The van der Waals surface area contributed by atoms with Crippen LogP contribution in [-0.2, 0) is 30.6 Å². The number of rotatable bonds is 7. The van der Waals surface area contributed by atoms with E-state index < -0.39 is 211 Å². The Hall–Kier alpha value is -7.78. The topological polar surface area (TPSA) is 101 Å². The molecule has 0 unspecified atom stereocenters. The number of carbonyl (C=O) groups excluding carboxylic acids is 1. The van der Waals surface area contributed by atoms with Crippen molar-refractivity contribution in [2.24, 2.45) is 0 Å². The van der Waals surface area contributed by atoms with Crippen LogP contribution in [0.1, 0.15) is 52.0 Å². The third kappa shape index (κ3) is 9.49. The molecule has 0 amide bonds. The van der Waals surface area contributed by atoms with Gasteiger partial charge < -0.3 is 19.8 Å². The van der Waals surface area contributed by atoms with E-state index in [9.17, 15) is 4.79 Å². The number of hydrogen-bond donors (Lipinski definition) is 1. The van der Waals surface area contributed by atoms with Crippen LogP contribution in [0.15, 0.2) is 36.4 Å². The molecule has 0 saturated carbocycles. The molecule has 5 heterocycles. The van der Waals surface area contributed by atoms with E-state index in [1.807, 2.05) is 0 Å². The van der Waals surface area contributed by atoms with Crippen LogP contribution in [0.25, 0.3) is 90.9 Å². The Labute approximate surface area is 443 Å². The number of fused-ring (bicyclic) bond motifs is 8. The van der Waals surface area contributed by atoms with Crippen molar-refractivity contribution in [3.63, 3.8) is 0 Å². The summed E-state index contributed by atoms with van der Waals surface area (Å²) in [4.78, 5) is 27.1. The minimum absolute atomic E-state index is 0. The Morgan fingerprint density at radius 2 is 0.628 bits per heavy atom. The van der Waals surface area contributed by atoms with Gasteiger partial charge in [0.1, 0.15) is 6.61 Å². The van der Waals surface area contributed by atoms with Crippen molar-refractivity contribution in [2.45, 2.75) is 34.6 Å². The molecule has 406 valence electrons. The van der Waals surface area contributed by atoms with Gasteiger partial charge in [0.15, 0.2) is 93.1 Å². The Bertz CT molecular complexity index is 3410. The maximum absolute atomic E-state index is 16.1. The Kier molecular flexibility index (Phi) is 16.3. The molecule has 24 heteroatoms. The molecule has 0 saturated heterocycles. The van der Waals surface area contributed by atoms with Crippen molar-refractivity contribution in [3.05, 3.63) is 175 Å². The largest absolute Gasteiger partial charge is 2.00 e. The summed E-state index contributed by atoms with van der Waals surface area (Å²) in [7, 11) is 0. The number of aliphatic hydroxyl groups is 1. The van der Waals surface area contributed by atoms with E-state index in [0.29, 0.717) is 33.3 Å². The van der Waals surface area contributed by atoms with Gasteiger partial charge in [0.25, 0.3) is 0 Å². The summed E-state index contributed by atoms with van der Waals surface area (Å²) in [5.41, 5.74) is -20.9. The zero-order chi connectivity index (χ0) is 56.5. The third-order valence-electron chi connectivity index (χ3n) is 12.2. The first kappa shape index (κ1) is 57.9. The van der Waals surface area contributed by atoms with Crippen molar-refractivity contribution in [1.29, 1.82) is 0 Å². The van der Waals surface area contributed by atoms with Crippen LogP contribution in [0, 0.1) is 121 Å². The van der Waals surface area contributed by atoms with Crippen LogP contribution < -0.4 is 9.97 Å². The zero-order valence-electron chi connectivity index (χ0n) is 40.2. The molecule has 0 aliphatic carbocycles. The maximum atomic E-state index is 16.1. The summed E-state index contributed by atoms with van der Waals surface area (Å²) < 4.78 is 256. The van der Waals surface area contributed by atoms with Gasteiger partial charge in [-0.2, -0.15) is 0 Å². The standard InChI is InChI=1S/C48H20F16N4.C6H10O3.Pt/c1-13-33(49)41(57)29(42(58)34(13)50)25-17-5-7-19(65-17)26(30-43(59)35(51)14(2)36(52)44(30)60)21-9-11-23(67-21)28(32-47(63)39(55)16(4)40(56)48(32)64)24-12-10-22(68-24)27(20-8-6-18(25)66-20)31-45(61)37(53)15(3)38(54)46(31)62;1-5(2)6(8)9-4-3-7;/h5-12H,1-4H3;7H,1,3-4H2,2H3;/q-2;;+2. The van der Waals surface area contributed by atoms with Crippen LogP contribution in [0.4, 0.5) is 70.2 Å². The molecule has 2 aliphatic rings. The van der Waals surface area contributed by atoms with Crippen molar-refractivity contribution in [1.82, 2.24) is 19.9 Å². The van der Waals surface area contributed by atoms with Crippen LogP contribution in [0.2, 0.25) is 0 Å². The molecule has 3 aromatic heterocycles. The van der Waals surface area contributed by atoms with E-state index in [1.54, 1.807) is 6.92 Å². The van der Waals surface area contributed by atoms with E-state index in [1.165, 1.54) is 0 Å². The average molecular weight is 1280 g/mol. The molecule has 0 atom stereocenters. The monoisotopic (exact) mass is 1280 g/mol. The molecule has 0 radical (unpaired) electrons. The predicted octanol–water partition coefficient (Wildman–Crippen LogP) is 14.1. The van der Waals surface area contributed by atoms with Gasteiger partial charge in [0, 0.05) is 27.8 Å². The fourth-order valence-electron chi connectivity index (χ4n) is 8.22. The van der Waals surface area contributed by atoms with Gasteiger partial charge in [-0.25, -0.2) is 85.0 Å². The fourth-order valence-corrected chi connectivity index (χ4v) is 8.22. The van der Waals surface area contributed by atoms with E-state index in [-0.39, 0.29) is 34.3 Å². The number of aromatic nitrogens is 4. The number of esters is 1. The van der Waals surface area contributed by atoms with E-state index in [2.05, 4.69) is 31.3 Å². The predicted molar refractivity (Wildman–Crippen MR) is 250 cm³/mol. The fraction of sp³-hybridized carbons (Fsp3) is 0.130. The van der Waals surface area contributed by atoms with Gasteiger partial charge in [-0.1, -0.05) is 30.8 Å². The zero-order valence-corrected chi connectivity index (χ0v) is 42.4. The molecular formula is C54H30F16N4O3Pt. The quantitative estimate of drug-likeness (QED) is 0.0734. The van der Waals surface area contributed by atoms with Gasteiger partial charge in [-0.05, 0) is 81.2 Å². The number of halogens is 16. The van der Waals surface area contributed by atoms with Crippen LogP contribution >= 0.6 is 0 Å². The van der Waals surface area contributed by atoms with Crippen molar-refractivity contribution in [3.8, 4) is 44.5 Å². The number of hydrogen-bond acceptors (Lipinski definition) is 5. The first-order chi connectivity index (χ1) is 36.3. The Balaban J connectivity index is 0.000000810. The van der Waals surface area contributed by atoms with Gasteiger partial charge in [0.2, 0.25) is 0 Å². The number of nitrogens with zero attached hydrogens (tertiary/aromatic N) is 4. The Morgan fingerprint density at radius 3 is 0.808 bits per heavy atom. The first-order valence-corrected chi connectivity index (χ1v) is 22.1. The van der Waals surface area contributed by atoms with Crippen molar-refractivity contribution < 1.29 is 106 Å². The molecule has 2 aliphatic heterocycles. The van der Waals surface area contributed by atoms with E-state index in [0.717, 1.165) is 48.6 Å². The second-order valence-electron chi connectivity index (χ2n) is 17.0. The molecule has 0 fully saturated rings. The van der Waals surface area contributed by atoms with E-state index in [4.69, 9.17) is 5.11 Å². The third-order valence-corrected chi connectivity index (χ3v) is 12.2. The average Bonchev–Trinajstić information content (AvgIpc) is 4.28. The SMILES string of the molecule is C=C(C)C(=O)OCCO.Cc1c(F)c(F)c(-c2c3nc(c(-c4c(F)c(F)c(C)c(F)c4F)c4ccc([n-]4)c(-c4c(F)c(F)c(C)c(F)c4F)c4nc(c(-c5c(F)c(F)c(C)c(F)c5F)c5ccc2[n-]5)C=C4)C=C3)c(F)c1F.[Pt+2]. The van der Waals surface area contributed by atoms with Gasteiger partial charge in [-0.3, -0.25) is 0 Å². The number of aliphatic hydroxyl groups excluding tert-OH is 1. The van der Waals surface area contributed by atoms with E-state index >= 15 is 70.2 Å². The van der Waals surface area contributed by atoms with Crippen molar-refractivity contribution >= 4 is 52.3 Å². The number of ether oxygens (including phenoxy) is 1. The summed E-state index contributed by atoms with van der Waals surface area (Å²) in [6.07, 6.45) is 3.24. The summed E-state index contributed by atoms with van der Waals surface area (Å²) in [6.45, 7) is 7.52. The molecule has 9 rings (SSSR count). The summed E-state index contributed by atoms with van der Waals surface area (Å²) in [5.74, 6) is -32.7. The smallest absolute Gasteiger partial charge is 0.657 e. The second-order valence-corrected chi connectivity index (χ2v) is 17.0. The van der Waals surface area contributed by atoms with Crippen molar-refractivity contribution in [2.75, 3.05) is 13.2 Å². The maximum Gasteiger partial charge on any atom is 2.00 e. The van der Waals surface area contributed by atoms with Crippen LogP contribution in [0.3, 0.4) is 0 Å². The first-order valence-electron chi connectivity index (χ1n) is 22.1.